The molecule has 8 heteroatoms. The molecule has 7 nitrogen and oxygen atoms in total. The van der Waals surface area contributed by atoms with Crippen LogP contribution in [0.4, 0.5) is 4.39 Å². The van der Waals surface area contributed by atoms with Crippen LogP contribution in [0.5, 0.6) is 17.2 Å². The minimum atomic E-state index is -1.06. The Morgan fingerprint density at radius 2 is 1.79 bits per heavy atom. The number of rotatable bonds is 13. The van der Waals surface area contributed by atoms with Crippen LogP contribution in [0, 0.1) is 12.7 Å². The number of aliphatic hydroxyl groups excluding tert-OH is 1. The molecule has 0 unspecified atom stereocenters. The van der Waals surface area contributed by atoms with E-state index in [1.54, 1.807) is 31.2 Å². The summed E-state index contributed by atoms with van der Waals surface area (Å²) in [4.78, 5) is 11.3. The van der Waals surface area contributed by atoms with Crippen molar-refractivity contribution in [3.05, 3.63) is 88.7 Å². The van der Waals surface area contributed by atoms with Gasteiger partial charge in [-0.15, -0.1) is 0 Å². The summed E-state index contributed by atoms with van der Waals surface area (Å²) in [5.41, 5.74) is 2.00. The van der Waals surface area contributed by atoms with Crippen molar-refractivity contribution in [2.75, 3.05) is 20.3 Å². The van der Waals surface area contributed by atoms with Gasteiger partial charge in [-0.2, -0.15) is 0 Å². The number of ether oxygens (including phenoxy) is 3. The number of carboxylic acids is 1. The third kappa shape index (κ3) is 8.02. The molecule has 0 radical (unpaired) electrons. The predicted molar refractivity (Wildman–Crippen MR) is 144 cm³/mol. The Labute approximate surface area is 223 Å². The summed E-state index contributed by atoms with van der Waals surface area (Å²) in [6.07, 6.45) is -0.549. The van der Waals surface area contributed by atoms with Crippen LogP contribution in [-0.4, -0.2) is 48.1 Å². The van der Waals surface area contributed by atoms with Crippen LogP contribution in [0.3, 0.4) is 0 Å². The number of aliphatic hydroxyl groups is 1. The van der Waals surface area contributed by atoms with Gasteiger partial charge in [-0.25, -0.2) is 9.18 Å². The molecule has 3 N–H and O–H groups in total. The fourth-order valence-electron chi connectivity index (χ4n) is 4.03. The van der Waals surface area contributed by atoms with Crippen molar-refractivity contribution in [3.63, 3.8) is 0 Å². The fraction of sp³-hybridized carbons (Fsp3) is 0.367. The Bertz CT molecular complexity index is 1250. The number of aryl methyl sites for hydroxylation is 1. The molecular weight excluding hydrogens is 489 g/mol. The smallest absolute Gasteiger partial charge is 0.335 e. The normalized spacial score (nSPS) is 13.1. The maximum atomic E-state index is 13.9. The second-order valence-electron chi connectivity index (χ2n) is 9.97. The summed E-state index contributed by atoms with van der Waals surface area (Å²) >= 11 is 0. The molecule has 0 aliphatic rings. The SMILES string of the molecule is COc1cc(C(=O)O)ccc1Oc1ccccc1[C@@H](C)OC[C@H](O)CNC(C)(C)Cc1ccc(C)c(F)c1. The maximum Gasteiger partial charge on any atom is 0.335 e. The van der Waals surface area contributed by atoms with E-state index in [1.807, 2.05) is 45.0 Å². The van der Waals surface area contributed by atoms with Crippen LogP contribution in [0.1, 0.15) is 53.9 Å². The van der Waals surface area contributed by atoms with Crippen molar-refractivity contribution in [2.45, 2.75) is 51.9 Å². The van der Waals surface area contributed by atoms with E-state index in [2.05, 4.69) is 5.32 Å². The average molecular weight is 526 g/mol. The Hall–Kier alpha value is -3.46. The molecule has 204 valence electrons. The number of halogens is 1. The number of carbonyl (C=O) groups is 1. The minimum Gasteiger partial charge on any atom is -0.493 e. The van der Waals surface area contributed by atoms with E-state index >= 15 is 0 Å². The Balaban J connectivity index is 1.57. The van der Waals surface area contributed by atoms with Gasteiger partial charge in [0.05, 0.1) is 31.5 Å². The summed E-state index contributed by atoms with van der Waals surface area (Å²) < 4.78 is 31.2. The Kier molecular flexibility index (Phi) is 9.85. The van der Waals surface area contributed by atoms with Crippen LogP contribution in [-0.2, 0) is 11.2 Å². The van der Waals surface area contributed by atoms with E-state index in [1.165, 1.54) is 19.2 Å². The molecule has 0 fully saturated rings. The number of hydrogen-bond donors (Lipinski definition) is 3. The first-order valence-electron chi connectivity index (χ1n) is 12.5. The third-order valence-corrected chi connectivity index (χ3v) is 6.22. The summed E-state index contributed by atoms with van der Waals surface area (Å²) in [5.74, 6) is -0.0817. The number of aromatic carboxylic acids is 1. The van der Waals surface area contributed by atoms with E-state index in [-0.39, 0.29) is 23.5 Å². The second-order valence-corrected chi connectivity index (χ2v) is 9.97. The summed E-state index contributed by atoms with van der Waals surface area (Å²) in [6, 6.07) is 17.0. The zero-order valence-electron chi connectivity index (χ0n) is 22.5. The molecule has 0 aromatic heterocycles. The lowest BCUT2D eigenvalue weighted by atomic mass is 9.94. The van der Waals surface area contributed by atoms with Gasteiger partial charge < -0.3 is 29.7 Å². The average Bonchev–Trinajstić information content (AvgIpc) is 2.88. The van der Waals surface area contributed by atoms with Gasteiger partial charge in [-0.3, -0.25) is 0 Å². The molecule has 0 bridgehead atoms. The molecule has 0 saturated heterocycles. The van der Waals surface area contributed by atoms with Crippen molar-refractivity contribution in [2.24, 2.45) is 0 Å². The highest BCUT2D eigenvalue weighted by molar-refractivity contribution is 5.88. The van der Waals surface area contributed by atoms with Gasteiger partial charge in [-0.1, -0.05) is 30.3 Å². The number of methoxy groups -OCH3 is 1. The summed E-state index contributed by atoms with van der Waals surface area (Å²) in [5, 5.41) is 23.1. The first-order chi connectivity index (χ1) is 18.0. The number of benzene rings is 3. The monoisotopic (exact) mass is 525 g/mol. The van der Waals surface area contributed by atoms with E-state index < -0.39 is 18.2 Å². The molecule has 0 saturated carbocycles. The highest BCUT2D eigenvalue weighted by Gasteiger charge is 2.21. The number of hydrogen-bond acceptors (Lipinski definition) is 6. The van der Waals surface area contributed by atoms with Crippen LogP contribution in [0.2, 0.25) is 0 Å². The molecule has 0 aliphatic heterocycles. The Morgan fingerprint density at radius 1 is 1.05 bits per heavy atom. The molecule has 0 heterocycles. The molecule has 3 aromatic carbocycles. The highest BCUT2D eigenvalue weighted by atomic mass is 19.1. The van der Waals surface area contributed by atoms with Crippen molar-refractivity contribution >= 4 is 5.97 Å². The number of carboxylic acid groups (broad SMARTS) is 1. The van der Waals surface area contributed by atoms with Crippen molar-refractivity contribution in [1.82, 2.24) is 5.32 Å². The topological polar surface area (TPSA) is 97.3 Å². The van der Waals surface area contributed by atoms with E-state index in [9.17, 15) is 19.4 Å². The van der Waals surface area contributed by atoms with Gasteiger partial charge in [0.15, 0.2) is 11.5 Å². The molecule has 0 aliphatic carbocycles. The first-order valence-corrected chi connectivity index (χ1v) is 12.5. The molecule has 38 heavy (non-hydrogen) atoms. The quantitative estimate of drug-likeness (QED) is 0.264. The number of β-amino-alcohol motifs (C(OH)–C–C–N with tert-alkyl or cyclic N) is 1. The van der Waals surface area contributed by atoms with Crippen molar-refractivity contribution in [1.29, 1.82) is 0 Å². The molecule has 0 spiro atoms. The molecule has 3 rings (SSSR count). The highest BCUT2D eigenvalue weighted by Crippen LogP contribution is 2.36. The zero-order valence-corrected chi connectivity index (χ0v) is 22.5. The van der Waals surface area contributed by atoms with Crippen molar-refractivity contribution < 1.29 is 33.6 Å². The molecule has 2 atom stereocenters. The van der Waals surface area contributed by atoms with E-state index in [0.717, 1.165) is 11.1 Å². The number of nitrogens with one attached hydrogen (secondary N) is 1. The minimum absolute atomic E-state index is 0.0916. The van der Waals surface area contributed by atoms with Crippen LogP contribution < -0.4 is 14.8 Å². The van der Waals surface area contributed by atoms with Gasteiger partial charge in [0.25, 0.3) is 0 Å². The van der Waals surface area contributed by atoms with E-state index in [4.69, 9.17) is 14.2 Å². The van der Waals surface area contributed by atoms with Crippen LogP contribution in [0.25, 0.3) is 0 Å². The lowest BCUT2D eigenvalue weighted by molar-refractivity contribution is -0.00482. The number of para-hydroxylation sites is 1. The van der Waals surface area contributed by atoms with Crippen molar-refractivity contribution in [3.8, 4) is 17.2 Å². The maximum absolute atomic E-state index is 13.9. The van der Waals surface area contributed by atoms with Crippen LogP contribution >= 0.6 is 0 Å². The molecular formula is C30H36FNO6. The van der Waals surface area contributed by atoms with Gasteiger partial charge in [0, 0.05) is 17.6 Å². The molecule has 3 aromatic rings. The van der Waals surface area contributed by atoms with Gasteiger partial charge >= 0.3 is 5.97 Å². The zero-order chi connectivity index (χ0) is 27.9. The van der Waals surface area contributed by atoms with E-state index in [0.29, 0.717) is 35.8 Å². The van der Waals surface area contributed by atoms with Gasteiger partial charge in [0.1, 0.15) is 11.6 Å². The second kappa shape index (κ2) is 12.9. The third-order valence-electron chi connectivity index (χ3n) is 6.22. The molecule has 0 amide bonds. The standard InChI is InChI=1S/C30H36FNO6/c1-19-10-11-21(14-25(19)31)16-30(3,4)32-17-23(33)18-37-20(2)24-8-6-7-9-26(24)38-27-13-12-22(29(34)35)15-28(27)36-5/h6-15,20,23,32-33H,16-18H2,1-5H3,(H,34,35)/t20-,23-/m1/s1. The first kappa shape index (κ1) is 29.1. The summed E-state index contributed by atoms with van der Waals surface area (Å²) in [7, 11) is 1.45. The largest absolute Gasteiger partial charge is 0.493 e. The lowest BCUT2D eigenvalue weighted by Gasteiger charge is -2.28. The van der Waals surface area contributed by atoms with Gasteiger partial charge in [-0.05, 0) is 75.6 Å². The van der Waals surface area contributed by atoms with Gasteiger partial charge in [0.2, 0.25) is 0 Å². The van der Waals surface area contributed by atoms with Crippen LogP contribution in [0.15, 0.2) is 60.7 Å². The Morgan fingerprint density at radius 3 is 2.47 bits per heavy atom. The fourth-order valence-corrected chi connectivity index (χ4v) is 4.03. The summed E-state index contributed by atoms with van der Waals surface area (Å²) in [6.45, 7) is 8.01. The predicted octanol–water partition coefficient (Wildman–Crippen LogP) is 5.68. The lowest BCUT2D eigenvalue weighted by Crippen LogP contribution is -2.46.